The predicted octanol–water partition coefficient (Wildman–Crippen LogP) is 3.77. The van der Waals surface area contributed by atoms with E-state index >= 15 is 0 Å². The molecular formula is C13H15NOS. The maximum Gasteiger partial charge on any atom is 0.114 e. The molecule has 0 aliphatic heterocycles. The Morgan fingerprint density at radius 1 is 1.19 bits per heavy atom. The second-order valence-corrected chi connectivity index (χ2v) is 4.87. The molecule has 2 rings (SSSR count). The van der Waals surface area contributed by atoms with Gasteiger partial charge in [-0.1, -0.05) is 0 Å². The summed E-state index contributed by atoms with van der Waals surface area (Å²) in [6.07, 6.45) is 0. The molecule has 1 heterocycles. The number of furan rings is 1. The third-order valence-corrected chi connectivity index (χ3v) is 3.43. The van der Waals surface area contributed by atoms with Crippen LogP contribution in [0.2, 0.25) is 0 Å². The Balaban J connectivity index is 2.02. The van der Waals surface area contributed by atoms with Crippen molar-refractivity contribution < 1.29 is 4.42 Å². The molecule has 0 aliphatic rings. The van der Waals surface area contributed by atoms with E-state index in [4.69, 9.17) is 10.2 Å². The average molecular weight is 233 g/mol. The monoisotopic (exact) mass is 233 g/mol. The van der Waals surface area contributed by atoms with Gasteiger partial charge in [-0.2, -0.15) is 0 Å². The van der Waals surface area contributed by atoms with Gasteiger partial charge in [0.05, 0.1) is 5.75 Å². The maximum absolute atomic E-state index is 5.77. The normalized spacial score (nSPS) is 10.6. The SMILES string of the molecule is Cc1ccc(CSc2ccc(N)c(C)c2)o1. The molecule has 3 heteroatoms. The van der Waals surface area contributed by atoms with Gasteiger partial charge in [0.1, 0.15) is 11.5 Å². The summed E-state index contributed by atoms with van der Waals surface area (Å²) in [5.74, 6) is 2.83. The van der Waals surface area contributed by atoms with E-state index in [9.17, 15) is 0 Å². The van der Waals surface area contributed by atoms with Crippen LogP contribution in [0, 0.1) is 13.8 Å². The highest BCUT2D eigenvalue weighted by atomic mass is 32.2. The summed E-state index contributed by atoms with van der Waals surface area (Å²) in [5.41, 5.74) is 7.74. The smallest absolute Gasteiger partial charge is 0.114 e. The fraction of sp³-hybridized carbons (Fsp3) is 0.231. The molecular weight excluding hydrogens is 218 g/mol. The lowest BCUT2D eigenvalue weighted by atomic mass is 10.2. The molecule has 2 nitrogen and oxygen atoms in total. The standard InChI is InChI=1S/C13H15NOS/c1-9-7-12(5-6-13(9)14)16-8-11-4-3-10(2)15-11/h3-7H,8,14H2,1-2H3. The number of nitrogen functional groups attached to an aromatic ring is 1. The van der Waals surface area contributed by atoms with Gasteiger partial charge in [0, 0.05) is 10.6 Å². The first-order valence-corrected chi connectivity index (χ1v) is 6.18. The van der Waals surface area contributed by atoms with E-state index in [1.165, 1.54) is 4.90 Å². The summed E-state index contributed by atoms with van der Waals surface area (Å²) in [6, 6.07) is 10.1. The third-order valence-electron chi connectivity index (χ3n) is 2.42. The minimum absolute atomic E-state index is 0.846. The van der Waals surface area contributed by atoms with Crippen molar-refractivity contribution in [2.24, 2.45) is 0 Å². The molecule has 0 bridgehead atoms. The number of aryl methyl sites for hydroxylation is 2. The van der Waals surface area contributed by atoms with Crippen LogP contribution in [0.5, 0.6) is 0 Å². The van der Waals surface area contributed by atoms with Crippen molar-refractivity contribution in [3.63, 3.8) is 0 Å². The van der Waals surface area contributed by atoms with Crippen LogP contribution in [0.4, 0.5) is 5.69 Å². The van der Waals surface area contributed by atoms with Gasteiger partial charge in [-0.15, -0.1) is 11.8 Å². The molecule has 2 aromatic rings. The lowest BCUT2D eigenvalue weighted by molar-refractivity contribution is 0.501. The van der Waals surface area contributed by atoms with Crippen LogP contribution in [0.25, 0.3) is 0 Å². The highest BCUT2D eigenvalue weighted by molar-refractivity contribution is 7.98. The van der Waals surface area contributed by atoms with Crippen molar-refractivity contribution in [3.8, 4) is 0 Å². The Morgan fingerprint density at radius 2 is 2.00 bits per heavy atom. The van der Waals surface area contributed by atoms with Gasteiger partial charge < -0.3 is 10.2 Å². The Kier molecular flexibility index (Phi) is 3.25. The molecule has 1 aromatic carbocycles. The summed E-state index contributed by atoms with van der Waals surface area (Å²) in [4.78, 5) is 1.22. The van der Waals surface area contributed by atoms with Gasteiger partial charge in [0.15, 0.2) is 0 Å². The third kappa shape index (κ3) is 2.61. The molecule has 0 saturated heterocycles. The van der Waals surface area contributed by atoms with E-state index in [0.717, 1.165) is 28.5 Å². The molecule has 0 saturated carbocycles. The molecule has 84 valence electrons. The number of anilines is 1. The highest BCUT2D eigenvalue weighted by Crippen LogP contribution is 2.26. The largest absolute Gasteiger partial charge is 0.465 e. The molecule has 1 aromatic heterocycles. The summed E-state index contributed by atoms with van der Waals surface area (Å²) in [7, 11) is 0. The van der Waals surface area contributed by atoms with Crippen molar-refractivity contribution in [1.29, 1.82) is 0 Å². The number of nitrogens with two attached hydrogens (primary N) is 1. The highest BCUT2D eigenvalue weighted by Gasteiger charge is 2.01. The lowest BCUT2D eigenvalue weighted by Gasteiger charge is -2.03. The zero-order valence-electron chi connectivity index (χ0n) is 9.49. The van der Waals surface area contributed by atoms with E-state index in [0.29, 0.717) is 0 Å². The molecule has 0 radical (unpaired) electrons. The van der Waals surface area contributed by atoms with Gasteiger partial charge in [0.2, 0.25) is 0 Å². The molecule has 0 atom stereocenters. The van der Waals surface area contributed by atoms with Crippen LogP contribution in [-0.4, -0.2) is 0 Å². The second-order valence-electron chi connectivity index (χ2n) is 3.82. The Bertz CT molecular complexity index is 490. The van der Waals surface area contributed by atoms with Gasteiger partial charge in [-0.25, -0.2) is 0 Å². The van der Waals surface area contributed by atoms with E-state index in [-0.39, 0.29) is 0 Å². The van der Waals surface area contributed by atoms with Crippen molar-refractivity contribution in [1.82, 2.24) is 0 Å². The van der Waals surface area contributed by atoms with Gasteiger partial charge in [0.25, 0.3) is 0 Å². The van der Waals surface area contributed by atoms with Crippen LogP contribution in [0.1, 0.15) is 17.1 Å². The fourth-order valence-corrected chi connectivity index (χ4v) is 2.34. The Hall–Kier alpha value is -1.35. The zero-order chi connectivity index (χ0) is 11.5. The number of thioether (sulfide) groups is 1. The molecule has 0 aliphatic carbocycles. The lowest BCUT2D eigenvalue weighted by Crippen LogP contribution is -1.88. The first-order chi connectivity index (χ1) is 7.65. The van der Waals surface area contributed by atoms with Crippen LogP contribution >= 0.6 is 11.8 Å². The number of benzene rings is 1. The van der Waals surface area contributed by atoms with Gasteiger partial charge in [-0.05, 0) is 49.7 Å². The van der Waals surface area contributed by atoms with Crippen LogP contribution in [0.15, 0.2) is 39.6 Å². The minimum Gasteiger partial charge on any atom is -0.465 e. The fourth-order valence-electron chi connectivity index (χ4n) is 1.46. The molecule has 0 unspecified atom stereocenters. The molecule has 0 fully saturated rings. The van der Waals surface area contributed by atoms with Crippen molar-refractivity contribution >= 4 is 17.4 Å². The summed E-state index contributed by atoms with van der Waals surface area (Å²) < 4.78 is 5.51. The molecule has 2 N–H and O–H groups in total. The van der Waals surface area contributed by atoms with Crippen molar-refractivity contribution in [2.45, 2.75) is 24.5 Å². The summed E-state index contributed by atoms with van der Waals surface area (Å²) >= 11 is 1.76. The molecule has 0 spiro atoms. The number of hydrogen-bond donors (Lipinski definition) is 1. The zero-order valence-corrected chi connectivity index (χ0v) is 10.3. The number of hydrogen-bond acceptors (Lipinski definition) is 3. The first-order valence-electron chi connectivity index (χ1n) is 5.19. The first kappa shape index (κ1) is 11.1. The quantitative estimate of drug-likeness (QED) is 0.648. The number of rotatable bonds is 3. The average Bonchev–Trinajstić information content (AvgIpc) is 2.66. The van der Waals surface area contributed by atoms with Gasteiger partial charge in [-0.3, -0.25) is 0 Å². The van der Waals surface area contributed by atoms with E-state index < -0.39 is 0 Å². The maximum atomic E-state index is 5.77. The van der Waals surface area contributed by atoms with Crippen LogP contribution in [0.3, 0.4) is 0 Å². The predicted molar refractivity (Wildman–Crippen MR) is 68.6 cm³/mol. The van der Waals surface area contributed by atoms with E-state index in [1.54, 1.807) is 11.8 Å². The second kappa shape index (κ2) is 4.66. The minimum atomic E-state index is 0.846. The van der Waals surface area contributed by atoms with Crippen LogP contribution < -0.4 is 5.73 Å². The molecule has 0 amide bonds. The van der Waals surface area contributed by atoms with Crippen molar-refractivity contribution in [2.75, 3.05) is 5.73 Å². The van der Waals surface area contributed by atoms with E-state index in [2.05, 4.69) is 6.07 Å². The van der Waals surface area contributed by atoms with Crippen LogP contribution in [-0.2, 0) is 5.75 Å². The summed E-state index contributed by atoms with van der Waals surface area (Å²) in [5, 5.41) is 0. The van der Waals surface area contributed by atoms with E-state index in [1.807, 2.05) is 38.1 Å². The molecule has 16 heavy (non-hydrogen) atoms. The summed E-state index contributed by atoms with van der Waals surface area (Å²) in [6.45, 7) is 3.98. The Morgan fingerprint density at radius 3 is 2.62 bits per heavy atom. The topological polar surface area (TPSA) is 39.2 Å². The van der Waals surface area contributed by atoms with Crippen molar-refractivity contribution in [3.05, 3.63) is 47.4 Å². The Labute approximate surface area is 99.8 Å². The van der Waals surface area contributed by atoms with Gasteiger partial charge >= 0.3 is 0 Å².